The van der Waals surface area contributed by atoms with Gasteiger partial charge in [-0.1, -0.05) is 5.21 Å². The number of hydrogen-bond acceptors (Lipinski definition) is 6. The summed E-state index contributed by atoms with van der Waals surface area (Å²) >= 11 is 0. The summed E-state index contributed by atoms with van der Waals surface area (Å²) < 4.78 is 5.94. The number of rotatable bonds is 5. The third kappa shape index (κ3) is 3.52. The van der Waals surface area contributed by atoms with Crippen LogP contribution in [0.2, 0.25) is 0 Å². The Morgan fingerprint density at radius 2 is 2.35 bits per heavy atom. The lowest BCUT2D eigenvalue weighted by Crippen LogP contribution is -2.39. The van der Waals surface area contributed by atoms with Gasteiger partial charge in [0.2, 0.25) is 0 Å². The van der Waals surface area contributed by atoms with Gasteiger partial charge in [0.25, 0.3) is 5.91 Å². The number of carbonyl (C=O) groups is 2. The molecule has 1 aromatic rings. The van der Waals surface area contributed by atoms with Crippen LogP contribution >= 0.6 is 0 Å². The molecule has 1 heterocycles. The molecule has 8 nitrogen and oxygen atoms in total. The summed E-state index contributed by atoms with van der Waals surface area (Å²) in [6.45, 7) is 2.41. The summed E-state index contributed by atoms with van der Waals surface area (Å²) in [7, 11) is 1.25. The van der Waals surface area contributed by atoms with Gasteiger partial charge in [0, 0.05) is 6.54 Å². The van der Waals surface area contributed by atoms with Crippen LogP contribution in [0.15, 0.2) is 6.20 Å². The van der Waals surface area contributed by atoms with Gasteiger partial charge in [0.15, 0.2) is 5.69 Å². The fourth-order valence-corrected chi connectivity index (χ4v) is 1.15. The SMILES string of the molecule is COC(=O)[C@H](C)NC(=O)c1cn(CCN)nn1. The lowest BCUT2D eigenvalue weighted by atomic mass is 10.3. The first kappa shape index (κ1) is 13.1. The zero-order chi connectivity index (χ0) is 12.8. The van der Waals surface area contributed by atoms with Crippen LogP contribution in [-0.4, -0.2) is 46.6 Å². The van der Waals surface area contributed by atoms with E-state index in [1.807, 2.05) is 0 Å². The normalized spacial score (nSPS) is 11.9. The Balaban J connectivity index is 2.60. The number of hydrogen-bond donors (Lipinski definition) is 2. The fraction of sp³-hybridized carbons (Fsp3) is 0.556. The van der Waals surface area contributed by atoms with E-state index in [2.05, 4.69) is 20.4 Å². The molecule has 3 N–H and O–H groups in total. The predicted octanol–water partition coefficient (Wildman–Crippen LogP) is -1.47. The number of nitrogens with two attached hydrogens (primary N) is 1. The van der Waals surface area contributed by atoms with Crippen molar-refractivity contribution in [1.29, 1.82) is 0 Å². The Bertz CT molecular complexity index is 403. The van der Waals surface area contributed by atoms with Crippen molar-refractivity contribution < 1.29 is 14.3 Å². The minimum absolute atomic E-state index is 0.134. The summed E-state index contributed by atoms with van der Waals surface area (Å²) in [6.07, 6.45) is 1.46. The van der Waals surface area contributed by atoms with E-state index in [9.17, 15) is 9.59 Å². The summed E-state index contributed by atoms with van der Waals surface area (Å²) in [5.74, 6) is -1.00. The maximum atomic E-state index is 11.6. The van der Waals surface area contributed by atoms with E-state index in [4.69, 9.17) is 5.73 Å². The Kier molecular flexibility index (Phi) is 4.58. The Hall–Kier alpha value is -1.96. The minimum Gasteiger partial charge on any atom is -0.467 e. The van der Waals surface area contributed by atoms with Gasteiger partial charge < -0.3 is 15.8 Å². The van der Waals surface area contributed by atoms with Crippen molar-refractivity contribution in [3.63, 3.8) is 0 Å². The molecule has 0 aromatic carbocycles. The quantitative estimate of drug-likeness (QED) is 0.608. The van der Waals surface area contributed by atoms with Crippen LogP contribution in [0.25, 0.3) is 0 Å². The molecule has 0 saturated carbocycles. The van der Waals surface area contributed by atoms with Crippen molar-refractivity contribution in [2.24, 2.45) is 5.73 Å². The minimum atomic E-state index is -0.729. The standard InChI is InChI=1S/C9H15N5O3/c1-6(9(16)17-2)11-8(15)7-5-14(4-3-10)13-12-7/h5-6H,3-4,10H2,1-2H3,(H,11,15)/t6-/m0/s1. The van der Waals surface area contributed by atoms with Crippen LogP contribution in [0.3, 0.4) is 0 Å². The molecule has 1 atom stereocenters. The van der Waals surface area contributed by atoms with E-state index >= 15 is 0 Å². The highest BCUT2D eigenvalue weighted by Crippen LogP contribution is 1.95. The van der Waals surface area contributed by atoms with Crippen LogP contribution < -0.4 is 11.1 Å². The molecule has 1 rings (SSSR count). The van der Waals surface area contributed by atoms with Gasteiger partial charge in [-0.3, -0.25) is 9.48 Å². The molecule has 0 saturated heterocycles. The molecule has 17 heavy (non-hydrogen) atoms. The molecule has 1 amide bonds. The fourth-order valence-electron chi connectivity index (χ4n) is 1.15. The largest absolute Gasteiger partial charge is 0.467 e. The highest BCUT2D eigenvalue weighted by molar-refractivity contribution is 5.94. The van der Waals surface area contributed by atoms with E-state index in [1.165, 1.54) is 24.9 Å². The van der Waals surface area contributed by atoms with Gasteiger partial charge in [-0.2, -0.15) is 0 Å². The molecule has 0 bridgehead atoms. The smallest absolute Gasteiger partial charge is 0.328 e. The van der Waals surface area contributed by atoms with Crippen molar-refractivity contribution in [3.8, 4) is 0 Å². The number of carbonyl (C=O) groups excluding carboxylic acids is 2. The van der Waals surface area contributed by atoms with Crippen LogP contribution in [0.1, 0.15) is 17.4 Å². The van der Waals surface area contributed by atoms with Crippen molar-refractivity contribution >= 4 is 11.9 Å². The Labute approximate surface area is 98.1 Å². The summed E-state index contributed by atoms with van der Waals surface area (Å²) in [5, 5.41) is 9.82. The number of ether oxygens (including phenoxy) is 1. The second-order valence-electron chi connectivity index (χ2n) is 3.37. The van der Waals surface area contributed by atoms with Gasteiger partial charge in [-0.05, 0) is 6.92 Å². The molecule has 0 unspecified atom stereocenters. The Morgan fingerprint density at radius 3 is 2.94 bits per heavy atom. The van der Waals surface area contributed by atoms with E-state index < -0.39 is 17.9 Å². The van der Waals surface area contributed by atoms with E-state index in [1.54, 1.807) is 0 Å². The molecule has 0 fully saturated rings. The number of nitrogens with zero attached hydrogens (tertiary/aromatic N) is 3. The molecule has 94 valence electrons. The highest BCUT2D eigenvalue weighted by atomic mass is 16.5. The average molecular weight is 241 g/mol. The average Bonchev–Trinajstić information content (AvgIpc) is 2.77. The van der Waals surface area contributed by atoms with Crippen LogP contribution in [0, 0.1) is 0 Å². The number of amides is 1. The molecular formula is C9H15N5O3. The van der Waals surface area contributed by atoms with E-state index in [-0.39, 0.29) is 5.69 Å². The summed E-state index contributed by atoms with van der Waals surface area (Å²) in [4.78, 5) is 22.7. The van der Waals surface area contributed by atoms with Crippen molar-refractivity contribution in [2.75, 3.05) is 13.7 Å². The summed E-state index contributed by atoms with van der Waals surface area (Å²) in [5.41, 5.74) is 5.47. The predicted molar refractivity (Wildman–Crippen MR) is 58.0 cm³/mol. The van der Waals surface area contributed by atoms with Crippen molar-refractivity contribution in [3.05, 3.63) is 11.9 Å². The van der Waals surface area contributed by atoms with Gasteiger partial charge >= 0.3 is 5.97 Å². The number of esters is 1. The molecular weight excluding hydrogens is 226 g/mol. The third-order valence-corrected chi connectivity index (χ3v) is 2.03. The molecule has 0 aliphatic rings. The lowest BCUT2D eigenvalue weighted by Gasteiger charge is -2.09. The van der Waals surface area contributed by atoms with Gasteiger partial charge in [-0.25, -0.2) is 4.79 Å². The zero-order valence-electron chi connectivity index (χ0n) is 9.71. The first-order valence-electron chi connectivity index (χ1n) is 5.07. The molecule has 1 aromatic heterocycles. The highest BCUT2D eigenvalue weighted by Gasteiger charge is 2.18. The number of methoxy groups -OCH3 is 1. The Morgan fingerprint density at radius 1 is 1.65 bits per heavy atom. The first-order valence-corrected chi connectivity index (χ1v) is 5.07. The summed E-state index contributed by atoms with van der Waals surface area (Å²) in [6, 6.07) is -0.729. The zero-order valence-corrected chi connectivity index (χ0v) is 9.71. The van der Waals surface area contributed by atoms with Gasteiger partial charge in [0.1, 0.15) is 6.04 Å². The van der Waals surface area contributed by atoms with Gasteiger partial charge in [-0.15, -0.1) is 5.10 Å². The van der Waals surface area contributed by atoms with Crippen LogP contribution in [0.4, 0.5) is 0 Å². The second-order valence-corrected chi connectivity index (χ2v) is 3.37. The van der Waals surface area contributed by atoms with Gasteiger partial charge in [0.05, 0.1) is 19.9 Å². The maximum Gasteiger partial charge on any atom is 0.328 e. The van der Waals surface area contributed by atoms with Crippen molar-refractivity contribution in [1.82, 2.24) is 20.3 Å². The van der Waals surface area contributed by atoms with E-state index in [0.29, 0.717) is 13.1 Å². The van der Waals surface area contributed by atoms with Crippen molar-refractivity contribution in [2.45, 2.75) is 19.5 Å². The van der Waals surface area contributed by atoms with Crippen LogP contribution in [0.5, 0.6) is 0 Å². The molecule has 0 aliphatic heterocycles. The molecule has 8 heteroatoms. The first-order chi connectivity index (χ1) is 8.08. The molecule has 0 spiro atoms. The maximum absolute atomic E-state index is 11.6. The molecule has 0 radical (unpaired) electrons. The number of aromatic nitrogens is 3. The van der Waals surface area contributed by atoms with Crippen LogP contribution in [-0.2, 0) is 16.1 Å². The molecule has 0 aliphatic carbocycles. The lowest BCUT2D eigenvalue weighted by molar-refractivity contribution is -0.142. The topological polar surface area (TPSA) is 112 Å². The third-order valence-electron chi connectivity index (χ3n) is 2.03. The second kappa shape index (κ2) is 5.94. The number of nitrogens with one attached hydrogen (secondary N) is 1. The van der Waals surface area contributed by atoms with E-state index in [0.717, 1.165) is 0 Å². The monoisotopic (exact) mass is 241 g/mol.